The van der Waals surface area contributed by atoms with Gasteiger partial charge in [0.1, 0.15) is 11.4 Å². The molecule has 294 valence electrons. The number of methoxy groups -OCH3 is 1. The predicted molar refractivity (Wildman–Crippen MR) is 212 cm³/mol. The number of aryl methyl sites for hydroxylation is 1. The number of urea groups is 1. The van der Waals surface area contributed by atoms with Crippen molar-refractivity contribution in [3.63, 3.8) is 0 Å². The standard InChI is InChI=1S/C41H56ClN5O6S/c1-28-8-6-17-41(52-5,26-45-18-20-46(21-19-45)39(49)44(3)4)35-13-10-32(35)24-47-25-40(16-7-9-30-22-33(42)12-14-34(30)40)27-53-37-15-11-31(23-36(37)47)38(48)43-54(50,51)29(28)2/h6,11-12,14-15,17,22-23,28-29,32,35H,7-10,13,16,18-21,24-27H2,1-5H3,(H,43,48)/b17-6+/t28-,29+,32-,35+,40-,41+/m0/s1. The van der Waals surface area contributed by atoms with E-state index < -0.39 is 26.8 Å². The third-order valence-corrected chi connectivity index (χ3v) is 15.3. The van der Waals surface area contributed by atoms with Gasteiger partial charge < -0.3 is 24.2 Å². The molecular formula is C41H56ClN5O6S. The Labute approximate surface area is 326 Å². The van der Waals surface area contributed by atoms with Gasteiger partial charge in [0, 0.05) is 83.0 Å². The molecule has 2 fully saturated rings. The lowest BCUT2D eigenvalue weighted by atomic mass is 9.63. The number of benzene rings is 2. The average molecular weight is 782 g/mol. The number of anilines is 1. The molecule has 7 rings (SSSR count). The molecule has 2 aromatic rings. The molecule has 2 aromatic carbocycles. The third kappa shape index (κ3) is 7.47. The summed E-state index contributed by atoms with van der Waals surface area (Å²) >= 11 is 6.50. The Morgan fingerprint density at radius 1 is 1.09 bits per heavy atom. The number of halogens is 1. The quantitative estimate of drug-likeness (QED) is 0.403. The van der Waals surface area contributed by atoms with Crippen LogP contribution in [0.4, 0.5) is 10.5 Å². The van der Waals surface area contributed by atoms with Crippen molar-refractivity contribution in [2.75, 3.05) is 78.5 Å². The SMILES string of the molecule is CO[C@@]1(CN2CCN(C(=O)N(C)C)CC2)/C=C/C[C@H](C)[C@@H](C)S(=O)(=O)NC(=O)c2ccc3c(c2)N(C[C@@H]2CC[C@H]21)C[C@@]1(CCCc2cc(Cl)ccc21)CO3. The second-order valence-corrected chi connectivity index (χ2v) is 19.1. The summed E-state index contributed by atoms with van der Waals surface area (Å²) in [6, 6.07) is 11.6. The monoisotopic (exact) mass is 781 g/mol. The van der Waals surface area contributed by atoms with Crippen LogP contribution in [-0.2, 0) is 26.6 Å². The number of carbonyl (C=O) groups excluding carboxylic acids is 2. The topological polar surface area (TPSA) is 112 Å². The summed E-state index contributed by atoms with van der Waals surface area (Å²) in [6.07, 6.45) is 9.76. The fourth-order valence-electron chi connectivity index (χ4n) is 9.54. The highest BCUT2D eigenvalue weighted by Gasteiger charge is 2.50. The number of nitrogens with one attached hydrogen (secondary N) is 1. The summed E-state index contributed by atoms with van der Waals surface area (Å²) < 4.78 is 42.9. The number of rotatable bonds is 3. The van der Waals surface area contributed by atoms with Gasteiger partial charge >= 0.3 is 6.03 Å². The zero-order valence-corrected chi connectivity index (χ0v) is 33.9. The molecular weight excluding hydrogens is 726 g/mol. The minimum Gasteiger partial charge on any atom is -0.490 e. The summed E-state index contributed by atoms with van der Waals surface area (Å²) in [5.74, 6) is 0.270. The second kappa shape index (κ2) is 15.3. The molecule has 3 aliphatic heterocycles. The van der Waals surface area contributed by atoms with E-state index in [9.17, 15) is 18.0 Å². The highest BCUT2D eigenvalue weighted by Crippen LogP contribution is 2.49. The van der Waals surface area contributed by atoms with Crippen molar-refractivity contribution in [3.8, 4) is 5.75 Å². The Bertz CT molecular complexity index is 1880. The van der Waals surface area contributed by atoms with Crippen LogP contribution in [0.5, 0.6) is 5.75 Å². The van der Waals surface area contributed by atoms with E-state index in [1.165, 1.54) is 11.1 Å². The molecule has 5 aliphatic rings. The van der Waals surface area contributed by atoms with E-state index in [1.54, 1.807) is 39.1 Å². The third-order valence-electron chi connectivity index (χ3n) is 13.1. The molecule has 0 radical (unpaired) electrons. The van der Waals surface area contributed by atoms with Gasteiger partial charge in [-0.2, -0.15) is 0 Å². The molecule has 6 atom stereocenters. The van der Waals surface area contributed by atoms with E-state index >= 15 is 0 Å². The highest BCUT2D eigenvalue weighted by molar-refractivity contribution is 7.90. The molecule has 3 heterocycles. The molecule has 1 saturated carbocycles. The van der Waals surface area contributed by atoms with Crippen molar-refractivity contribution in [3.05, 3.63) is 70.3 Å². The molecule has 1 spiro atoms. The minimum atomic E-state index is -3.98. The fraction of sp³-hybridized carbons (Fsp3) is 0.610. The molecule has 1 saturated heterocycles. The van der Waals surface area contributed by atoms with Crippen LogP contribution in [0.3, 0.4) is 0 Å². The van der Waals surface area contributed by atoms with Crippen molar-refractivity contribution in [1.82, 2.24) is 19.4 Å². The van der Waals surface area contributed by atoms with E-state index in [1.807, 2.05) is 30.0 Å². The van der Waals surface area contributed by atoms with Gasteiger partial charge in [-0.15, -0.1) is 0 Å². The Balaban J connectivity index is 1.27. The number of hydrogen-bond donors (Lipinski definition) is 1. The lowest BCUT2D eigenvalue weighted by molar-refractivity contribution is -0.0946. The number of hydrogen-bond acceptors (Lipinski definition) is 8. The maximum absolute atomic E-state index is 13.6. The molecule has 0 unspecified atom stereocenters. The predicted octanol–water partition coefficient (Wildman–Crippen LogP) is 5.57. The molecule has 0 aromatic heterocycles. The number of carbonyl (C=O) groups is 2. The molecule has 2 aliphatic carbocycles. The molecule has 3 amide bonds. The number of ether oxygens (including phenoxy) is 2. The van der Waals surface area contributed by atoms with Gasteiger partial charge in [-0.3, -0.25) is 9.69 Å². The maximum Gasteiger partial charge on any atom is 0.319 e. The van der Waals surface area contributed by atoms with E-state index in [4.69, 9.17) is 21.1 Å². The van der Waals surface area contributed by atoms with Crippen LogP contribution in [-0.4, -0.2) is 120 Å². The summed E-state index contributed by atoms with van der Waals surface area (Å²) in [6.45, 7) is 8.93. The number of amides is 3. The van der Waals surface area contributed by atoms with E-state index in [2.05, 4.69) is 38.8 Å². The van der Waals surface area contributed by atoms with Crippen LogP contribution in [0.25, 0.3) is 0 Å². The smallest absolute Gasteiger partial charge is 0.319 e. The maximum atomic E-state index is 13.6. The first kappa shape index (κ1) is 38.9. The van der Waals surface area contributed by atoms with Gasteiger partial charge in [0.25, 0.3) is 5.91 Å². The molecule has 2 bridgehead atoms. The molecule has 13 heteroatoms. The second-order valence-electron chi connectivity index (χ2n) is 16.6. The van der Waals surface area contributed by atoms with Crippen molar-refractivity contribution >= 4 is 39.2 Å². The van der Waals surface area contributed by atoms with Crippen molar-refractivity contribution in [2.45, 2.75) is 68.6 Å². The molecule has 1 N–H and O–H groups in total. The highest BCUT2D eigenvalue weighted by atomic mass is 35.5. The first-order chi connectivity index (χ1) is 25.7. The minimum absolute atomic E-state index is 0.0281. The van der Waals surface area contributed by atoms with Crippen molar-refractivity contribution in [1.29, 1.82) is 0 Å². The summed E-state index contributed by atoms with van der Waals surface area (Å²) in [7, 11) is 1.39. The Morgan fingerprint density at radius 2 is 1.87 bits per heavy atom. The Kier molecular flexibility index (Phi) is 11.0. The largest absolute Gasteiger partial charge is 0.490 e. The molecule has 11 nitrogen and oxygen atoms in total. The van der Waals surface area contributed by atoms with E-state index in [-0.39, 0.29) is 34.8 Å². The van der Waals surface area contributed by atoms with E-state index in [0.29, 0.717) is 45.0 Å². The average Bonchev–Trinajstić information content (AvgIpc) is 3.28. The Morgan fingerprint density at radius 3 is 2.57 bits per heavy atom. The zero-order chi connectivity index (χ0) is 38.4. The summed E-state index contributed by atoms with van der Waals surface area (Å²) in [4.78, 5) is 34.7. The number of allylic oxidation sites excluding steroid dienone is 1. The first-order valence-electron chi connectivity index (χ1n) is 19.5. The van der Waals surface area contributed by atoms with Crippen LogP contribution in [0.2, 0.25) is 5.02 Å². The first-order valence-corrected chi connectivity index (χ1v) is 21.4. The van der Waals surface area contributed by atoms with Gasteiger partial charge in [-0.25, -0.2) is 17.9 Å². The van der Waals surface area contributed by atoms with Crippen LogP contribution in [0, 0.1) is 17.8 Å². The Hall–Kier alpha value is -3.32. The lowest BCUT2D eigenvalue weighted by Gasteiger charge is -2.52. The van der Waals surface area contributed by atoms with Crippen LogP contribution in [0.15, 0.2) is 48.6 Å². The van der Waals surface area contributed by atoms with Crippen LogP contribution in [0.1, 0.15) is 67.4 Å². The van der Waals surface area contributed by atoms with E-state index in [0.717, 1.165) is 62.4 Å². The van der Waals surface area contributed by atoms with Gasteiger partial charge in [0.05, 0.1) is 17.5 Å². The van der Waals surface area contributed by atoms with Crippen molar-refractivity contribution in [2.24, 2.45) is 17.8 Å². The number of piperazine rings is 1. The number of fused-ring (bicyclic) bond motifs is 4. The van der Waals surface area contributed by atoms with Crippen LogP contribution < -0.4 is 14.4 Å². The zero-order valence-electron chi connectivity index (χ0n) is 32.4. The van der Waals surface area contributed by atoms with Gasteiger partial charge in [0.2, 0.25) is 10.0 Å². The van der Waals surface area contributed by atoms with Gasteiger partial charge in [-0.1, -0.05) is 36.7 Å². The normalized spacial score (nSPS) is 31.9. The summed E-state index contributed by atoms with van der Waals surface area (Å²) in [5, 5.41) is -0.0787. The summed E-state index contributed by atoms with van der Waals surface area (Å²) in [5.41, 5.74) is 2.68. The van der Waals surface area contributed by atoms with Gasteiger partial charge in [0.15, 0.2) is 0 Å². The number of sulfonamides is 1. The fourth-order valence-corrected chi connectivity index (χ4v) is 11.0. The van der Waals surface area contributed by atoms with Crippen molar-refractivity contribution < 1.29 is 27.5 Å². The lowest BCUT2D eigenvalue weighted by Crippen LogP contribution is -2.59. The van der Waals surface area contributed by atoms with Crippen LogP contribution >= 0.6 is 11.6 Å². The molecule has 54 heavy (non-hydrogen) atoms. The number of nitrogens with zero attached hydrogens (tertiary/aromatic N) is 4. The van der Waals surface area contributed by atoms with Gasteiger partial charge in [-0.05, 0) is 105 Å².